The minimum atomic E-state index is 0.421. The summed E-state index contributed by atoms with van der Waals surface area (Å²) in [6.45, 7) is 2.18. The zero-order valence-electron chi connectivity index (χ0n) is 11.6. The van der Waals surface area contributed by atoms with Gasteiger partial charge in [0.1, 0.15) is 0 Å². The molecule has 1 aromatic rings. The molecule has 1 fully saturated rings. The van der Waals surface area contributed by atoms with Gasteiger partial charge in [-0.25, -0.2) is 0 Å². The first kappa shape index (κ1) is 15.1. The summed E-state index contributed by atoms with van der Waals surface area (Å²) in [6, 6.07) is 6.47. The Balaban J connectivity index is 2.31. The molecule has 0 aromatic heterocycles. The van der Waals surface area contributed by atoms with E-state index in [1.54, 1.807) is 0 Å². The second-order valence-corrected chi connectivity index (χ2v) is 6.23. The van der Waals surface area contributed by atoms with E-state index in [1.807, 2.05) is 19.2 Å². The molecule has 0 spiro atoms. The van der Waals surface area contributed by atoms with Crippen LogP contribution < -0.4 is 5.32 Å². The monoisotopic (exact) mass is 300 g/mol. The predicted octanol–water partition coefficient (Wildman–Crippen LogP) is 3.99. The van der Waals surface area contributed by atoms with Gasteiger partial charge in [0.15, 0.2) is 0 Å². The van der Waals surface area contributed by atoms with Gasteiger partial charge < -0.3 is 5.32 Å². The Hall–Kier alpha value is -0.280. The third-order valence-electron chi connectivity index (χ3n) is 4.01. The molecule has 1 saturated heterocycles. The van der Waals surface area contributed by atoms with Gasteiger partial charge in [0.25, 0.3) is 0 Å². The summed E-state index contributed by atoms with van der Waals surface area (Å²) in [5.74, 6) is 0.620. The molecule has 106 valence electrons. The predicted molar refractivity (Wildman–Crippen MR) is 83.1 cm³/mol. The zero-order valence-corrected chi connectivity index (χ0v) is 13.1. The SMILES string of the molecule is CNCC1CCCCN(C)C1c1ccc(Cl)c(Cl)c1. The molecular formula is C15H22Cl2N2. The highest BCUT2D eigenvalue weighted by atomic mass is 35.5. The van der Waals surface area contributed by atoms with Gasteiger partial charge in [-0.3, -0.25) is 4.90 Å². The first-order valence-electron chi connectivity index (χ1n) is 6.93. The minimum Gasteiger partial charge on any atom is -0.319 e. The summed E-state index contributed by atoms with van der Waals surface area (Å²) in [6.07, 6.45) is 3.83. The lowest BCUT2D eigenvalue weighted by Crippen LogP contribution is -2.33. The summed E-state index contributed by atoms with van der Waals surface area (Å²) in [5.41, 5.74) is 1.28. The lowest BCUT2D eigenvalue weighted by Gasteiger charge is -2.33. The maximum absolute atomic E-state index is 6.18. The molecule has 19 heavy (non-hydrogen) atoms. The van der Waals surface area contributed by atoms with Crippen molar-refractivity contribution in [2.75, 3.05) is 27.2 Å². The van der Waals surface area contributed by atoms with Gasteiger partial charge >= 0.3 is 0 Å². The summed E-state index contributed by atoms with van der Waals surface area (Å²) >= 11 is 12.2. The molecule has 2 atom stereocenters. The Morgan fingerprint density at radius 3 is 2.74 bits per heavy atom. The van der Waals surface area contributed by atoms with Gasteiger partial charge in [-0.1, -0.05) is 35.7 Å². The van der Waals surface area contributed by atoms with Crippen LogP contribution >= 0.6 is 23.2 Å². The van der Waals surface area contributed by atoms with Crippen LogP contribution in [-0.4, -0.2) is 32.1 Å². The molecule has 2 rings (SSSR count). The van der Waals surface area contributed by atoms with Crippen molar-refractivity contribution in [1.82, 2.24) is 10.2 Å². The third kappa shape index (κ3) is 3.63. The van der Waals surface area contributed by atoms with Gasteiger partial charge in [-0.15, -0.1) is 0 Å². The van der Waals surface area contributed by atoms with Crippen molar-refractivity contribution in [3.8, 4) is 0 Å². The standard InChI is InChI=1S/C15H22Cl2N2/c1-18-10-12-5-3-4-8-19(2)15(12)11-6-7-13(16)14(17)9-11/h6-7,9,12,15,18H,3-5,8,10H2,1-2H3. The fourth-order valence-electron chi connectivity index (χ4n) is 3.12. The normalized spacial score (nSPS) is 25.3. The summed E-state index contributed by atoms with van der Waals surface area (Å²) in [4.78, 5) is 2.45. The molecular weight excluding hydrogens is 279 g/mol. The Morgan fingerprint density at radius 2 is 2.05 bits per heavy atom. The fourth-order valence-corrected chi connectivity index (χ4v) is 3.43. The van der Waals surface area contributed by atoms with Crippen LogP contribution in [0.1, 0.15) is 30.9 Å². The first-order chi connectivity index (χ1) is 9.13. The van der Waals surface area contributed by atoms with Gasteiger partial charge in [-0.05, 0) is 63.6 Å². The molecule has 0 aliphatic carbocycles. The van der Waals surface area contributed by atoms with Crippen molar-refractivity contribution in [1.29, 1.82) is 0 Å². The average Bonchev–Trinajstić information content (AvgIpc) is 2.56. The Labute approximate surface area is 126 Å². The van der Waals surface area contributed by atoms with Gasteiger partial charge in [0, 0.05) is 6.04 Å². The Morgan fingerprint density at radius 1 is 1.26 bits per heavy atom. The van der Waals surface area contributed by atoms with E-state index in [2.05, 4.69) is 23.3 Å². The molecule has 4 heteroatoms. The molecule has 0 bridgehead atoms. The molecule has 1 aliphatic rings. The van der Waals surface area contributed by atoms with Gasteiger partial charge in [0.05, 0.1) is 10.0 Å². The molecule has 1 aliphatic heterocycles. The molecule has 1 N–H and O–H groups in total. The van der Waals surface area contributed by atoms with E-state index >= 15 is 0 Å². The van der Waals surface area contributed by atoms with Crippen LogP contribution in [0.4, 0.5) is 0 Å². The summed E-state index contributed by atoms with van der Waals surface area (Å²) < 4.78 is 0. The minimum absolute atomic E-state index is 0.421. The van der Waals surface area contributed by atoms with Crippen LogP contribution in [0.2, 0.25) is 10.0 Å². The van der Waals surface area contributed by atoms with Crippen molar-refractivity contribution >= 4 is 23.2 Å². The smallest absolute Gasteiger partial charge is 0.0595 e. The maximum atomic E-state index is 6.18. The zero-order chi connectivity index (χ0) is 13.8. The fraction of sp³-hybridized carbons (Fsp3) is 0.600. The van der Waals surface area contributed by atoms with Crippen LogP contribution in [0.3, 0.4) is 0 Å². The molecule has 0 saturated carbocycles. The number of nitrogens with zero attached hydrogens (tertiary/aromatic N) is 1. The highest BCUT2D eigenvalue weighted by molar-refractivity contribution is 6.42. The Kier molecular flexibility index (Phi) is 5.52. The van der Waals surface area contributed by atoms with Crippen LogP contribution in [0.5, 0.6) is 0 Å². The van der Waals surface area contributed by atoms with Crippen LogP contribution in [0, 0.1) is 5.92 Å². The van der Waals surface area contributed by atoms with Crippen LogP contribution in [0.15, 0.2) is 18.2 Å². The van der Waals surface area contributed by atoms with E-state index in [0.717, 1.165) is 13.1 Å². The summed E-state index contributed by atoms with van der Waals surface area (Å²) in [7, 11) is 4.23. The lowest BCUT2D eigenvalue weighted by atomic mass is 9.89. The van der Waals surface area contributed by atoms with Crippen molar-refractivity contribution in [3.05, 3.63) is 33.8 Å². The molecule has 1 aromatic carbocycles. The number of hydrogen-bond acceptors (Lipinski definition) is 2. The van der Waals surface area contributed by atoms with Gasteiger partial charge in [0.2, 0.25) is 0 Å². The van der Waals surface area contributed by atoms with Crippen molar-refractivity contribution in [2.24, 2.45) is 5.92 Å². The second-order valence-electron chi connectivity index (χ2n) is 5.41. The van der Waals surface area contributed by atoms with Crippen molar-refractivity contribution in [3.63, 3.8) is 0 Å². The number of nitrogens with one attached hydrogen (secondary N) is 1. The van der Waals surface area contributed by atoms with Crippen molar-refractivity contribution < 1.29 is 0 Å². The number of likely N-dealkylation sites (tertiary alicyclic amines) is 1. The average molecular weight is 301 g/mol. The molecule has 2 nitrogen and oxygen atoms in total. The largest absolute Gasteiger partial charge is 0.319 e. The molecule has 2 unspecified atom stereocenters. The van der Waals surface area contributed by atoms with Crippen LogP contribution in [0.25, 0.3) is 0 Å². The maximum Gasteiger partial charge on any atom is 0.0595 e. The molecule has 1 heterocycles. The number of hydrogen-bond donors (Lipinski definition) is 1. The van der Waals surface area contributed by atoms with Crippen molar-refractivity contribution in [2.45, 2.75) is 25.3 Å². The topological polar surface area (TPSA) is 15.3 Å². The van der Waals surface area contributed by atoms with E-state index in [-0.39, 0.29) is 0 Å². The quantitative estimate of drug-likeness (QED) is 0.908. The number of halogens is 2. The third-order valence-corrected chi connectivity index (χ3v) is 4.75. The Bertz CT molecular complexity index is 423. The molecule has 0 amide bonds. The number of rotatable bonds is 3. The second kappa shape index (κ2) is 6.94. The van der Waals surface area contributed by atoms with E-state index < -0.39 is 0 Å². The van der Waals surface area contributed by atoms with Gasteiger partial charge in [-0.2, -0.15) is 0 Å². The highest BCUT2D eigenvalue weighted by Crippen LogP contribution is 2.36. The first-order valence-corrected chi connectivity index (χ1v) is 7.69. The van der Waals surface area contributed by atoms with E-state index in [4.69, 9.17) is 23.2 Å². The van der Waals surface area contributed by atoms with E-state index in [1.165, 1.54) is 24.8 Å². The molecule has 0 radical (unpaired) electrons. The lowest BCUT2D eigenvalue weighted by molar-refractivity contribution is 0.191. The number of benzene rings is 1. The van der Waals surface area contributed by atoms with Crippen LogP contribution in [-0.2, 0) is 0 Å². The summed E-state index contributed by atoms with van der Waals surface area (Å²) in [5, 5.41) is 4.61. The van der Waals surface area contributed by atoms with E-state index in [9.17, 15) is 0 Å². The highest BCUT2D eigenvalue weighted by Gasteiger charge is 2.28. The van der Waals surface area contributed by atoms with E-state index in [0.29, 0.717) is 22.0 Å².